The second kappa shape index (κ2) is 9.54. The molecule has 2 aromatic heterocycles. The number of benzene rings is 3. The molecule has 1 fully saturated rings. The molecule has 0 bridgehead atoms. The smallest absolute Gasteiger partial charge is 0.345 e. The van der Waals surface area contributed by atoms with Gasteiger partial charge in [0.1, 0.15) is 5.58 Å². The normalized spacial score (nSPS) is 20.1. The van der Waals surface area contributed by atoms with E-state index in [4.69, 9.17) is 14.5 Å². The molecule has 7 rings (SSSR count). The molecule has 0 amide bonds. The molecule has 1 aliphatic heterocycles. The van der Waals surface area contributed by atoms with E-state index in [9.17, 15) is 4.79 Å². The standard InChI is InChI=1S/C32H25N3O2S/c36-31-26(19-23-14-7-8-17-27(23)37-31)28-20-33-32(38-28)35-30(22-12-5-2-6-13-22)25-16-9-15-24(29(25)34-35)18-21-10-3-1-4-11-21/h1-8,10-14,17-20,25,30H,9,15-16H2/b24-18+/t25-,30+/m0/s1. The van der Waals surface area contributed by atoms with Crippen molar-refractivity contribution in [3.63, 3.8) is 0 Å². The van der Waals surface area contributed by atoms with Gasteiger partial charge in [-0.3, -0.25) is 0 Å². The molecular weight excluding hydrogens is 490 g/mol. The van der Waals surface area contributed by atoms with E-state index in [2.05, 4.69) is 59.6 Å². The summed E-state index contributed by atoms with van der Waals surface area (Å²) in [5.74, 6) is 0.277. The maximum absolute atomic E-state index is 12.8. The minimum absolute atomic E-state index is 0.0534. The Kier molecular flexibility index (Phi) is 5.74. The van der Waals surface area contributed by atoms with Gasteiger partial charge in [0.15, 0.2) is 0 Å². The highest BCUT2D eigenvalue weighted by Crippen LogP contribution is 2.47. The molecule has 3 aromatic carbocycles. The molecule has 186 valence electrons. The van der Waals surface area contributed by atoms with Crippen LogP contribution in [0, 0.1) is 5.92 Å². The summed E-state index contributed by atoms with van der Waals surface area (Å²) in [6.07, 6.45) is 7.27. The SMILES string of the molecule is O=c1oc2ccccc2cc1-c1cnc(N2N=C3/C(=C/c4ccccc4)CCC[C@@H]3[C@H]2c2ccccc2)s1. The van der Waals surface area contributed by atoms with Gasteiger partial charge in [-0.1, -0.05) is 90.2 Å². The number of hydrogen-bond acceptors (Lipinski definition) is 6. The Morgan fingerprint density at radius 2 is 1.71 bits per heavy atom. The van der Waals surface area contributed by atoms with Crippen LogP contribution in [-0.2, 0) is 0 Å². The lowest BCUT2D eigenvalue weighted by molar-refractivity contribution is 0.487. The number of hydrazone groups is 1. The van der Waals surface area contributed by atoms with Crippen molar-refractivity contribution in [3.05, 3.63) is 124 Å². The summed E-state index contributed by atoms with van der Waals surface area (Å²) in [6.45, 7) is 0. The van der Waals surface area contributed by atoms with Crippen LogP contribution in [0.25, 0.3) is 27.5 Å². The van der Waals surface area contributed by atoms with Crippen LogP contribution in [0.2, 0.25) is 0 Å². The Balaban J connectivity index is 1.32. The predicted octanol–water partition coefficient (Wildman–Crippen LogP) is 7.72. The average Bonchev–Trinajstić information content (AvgIpc) is 3.60. The van der Waals surface area contributed by atoms with Gasteiger partial charge >= 0.3 is 5.63 Å². The Bertz CT molecular complexity index is 1740. The van der Waals surface area contributed by atoms with Crippen LogP contribution in [0.3, 0.4) is 0 Å². The maximum atomic E-state index is 12.8. The van der Waals surface area contributed by atoms with E-state index < -0.39 is 0 Å². The number of para-hydroxylation sites is 1. The van der Waals surface area contributed by atoms with E-state index >= 15 is 0 Å². The molecule has 6 heteroatoms. The van der Waals surface area contributed by atoms with Gasteiger partial charge in [-0.15, -0.1) is 0 Å². The number of thiazole rings is 1. The molecular formula is C32H25N3O2S. The molecule has 1 saturated carbocycles. The highest BCUT2D eigenvalue weighted by molar-refractivity contribution is 7.18. The largest absolute Gasteiger partial charge is 0.422 e. The van der Waals surface area contributed by atoms with Crippen molar-refractivity contribution < 1.29 is 4.42 Å². The van der Waals surface area contributed by atoms with Crippen LogP contribution >= 0.6 is 11.3 Å². The fourth-order valence-corrected chi connectivity index (χ4v) is 6.53. The second-order valence-electron chi connectivity index (χ2n) is 9.76. The van der Waals surface area contributed by atoms with Gasteiger partial charge in [0.25, 0.3) is 0 Å². The average molecular weight is 516 g/mol. The third-order valence-electron chi connectivity index (χ3n) is 7.38. The summed E-state index contributed by atoms with van der Waals surface area (Å²) >= 11 is 1.48. The van der Waals surface area contributed by atoms with Gasteiger partial charge in [-0.05, 0) is 54.2 Å². The molecule has 2 aliphatic rings. The first kappa shape index (κ1) is 22.9. The van der Waals surface area contributed by atoms with E-state index in [1.54, 1.807) is 6.20 Å². The zero-order chi connectivity index (χ0) is 25.5. The van der Waals surface area contributed by atoms with E-state index in [0.717, 1.165) is 40.4 Å². The van der Waals surface area contributed by atoms with Crippen LogP contribution in [0.1, 0.15) is 36.4 Å². The van der Waals surface area contributed by atoms with Gasteiger partial charge in [0, 0.05) is 17.5 Å². The van der Waals surface area contributed by atoms with E-state index in [1.807, 2.05) is 42.5 Å². The van der Waals surface area contributed by atoms with E-state index in [0.29, 0.717) is 11.1 Å². The van der Waals surface area contributed by atoms with Crippen molar-refractivity contribution in [2.24, 2.45) is 11.0 Å². The minimum Gasteiger partial charge on any atom is -0.422 e. The molecule has 3 heterocycles. The Morgan fingerprint density at radius 3 is 2.55 bits per heavy atom. The van der Waals surface area contributed by atoms with Gasteiger partial charge < -0.3 is 4.42 Å². The molecule has 0 radical (unpaired) electrons. The zero-order valence-corrected chi connectivity index (χ0v) is 21.5. The summed E-state index contributed by atoms with van der Waals surface area (Å²) in [4.78, 5) is 18.4. The first-order valence-electron chi connectivity index (χ1n) is 12.9. The van der Waals surface area contributed by atoms with E-state index in [1.165, 1.54) is 28.0 Å². The van der Waals surface area contributed by atoms with Gasteiger partial charge in [0.05, 0.1) is 22.2 Å². The van der Waals surface area contributed by atoms with Crippen molar-refractivity contribution >= 4 is 39.2 Å². The Labute approximate surface area is 224 Å². The van der Waals surface area contributed by atoms with Crippen LogP contribution in [0.5, 0.6) is 0 Å². The zero-order valence-electron chi connectivity index (χ0n) is 20.7. The quantitative estimate of drug-likeness (QED) is 0.230. The van der Waals surface area contributed by atoms with Crippen LogP contribution in [-0.4, -0.2) is 10.7 Å². The van der Waals surface area contributed by atoms with E-state index in [-0.39, 0.29) is 17.6 Å². The first-order chi connectivity index (χ1) is 18.7. The number of rotatable bonds is 4. The first-order valence-corrected chi connectivity index (χ1v) is 13.7. The lowest BCUT2D eigenvalue weighted by atomic mass is 9.77. The molecule has 1 aliphatic carbocycles. The third-order valence-corrected chi connectivity index (χ3v) is 8.40. The van der Waals surface area contributed by atoms with Gasteiger partial charge in [0.2, 0.25) is 5.13 Å². The molecule has 38 heavy (non-hydrogen) atoms. The van der Waals surface area contributed by atoms with Crippen molar-refractivity contribution in [2.45, 2.75) is 25.3 Å². The minimum atomic E-state index is -0.354. The molecule has 2 atom stereocenters. The molecule has 0 spiro atoms. The summed E-state index contributed by atoms with van der Waals surface area (Å²) < 4.78 is 5.59. The van der Waals surface area contributed by atoms with Gasteiger partial charge in [-0.2, -0.15) is 5.10 Å². The van der Waals surface area contributed by atoms with Crippen molar-refractivity contribution in [2.75, 3.05) is 5.01 Å². The highest BCUT2D eigenvalue weighted by Gasteiger charge is 2.42. The number of anilines is 1. The summed E-state index contributed by atoms with van der Waals surface area (Å²) in [6, 6.07) is 30.6. The van der Waals surface area contributed by atoms with Crippen molar-refractivity contribution in [1.82, 2.24) is 4.98 Å². The maximum Gasteiger partial charge on any atom is 0.345 e. The fraction of sp³-hybridized carbons (Fsp3) is 0.156. The van der Waals surface area contributed by atoms with Crippen LogP contribution < -0.4 is 10.6 Å². The number of hydrogen-bond donors (Lipinski definition) is 0. The van der Waals surface area contributed by atoms with Crippen molar-refractivity contribution in [3.8, 4) is 10.4 Å². The molecule has 5 aromatic rings. The number of allylic oxidation sites excluding steroid dienone is 1. The molecule has 5 nitrogen and oxygen atoms in total. The van der Waals surface area contributed by atoms with Crippen LogP contribution in [0.4, 0.5) is 5.13 Å². The second-order valence-corrected chi connectivity index (χ2v) is 10.8. The third kappa shape index (κ3) is 4.07. The number of fused-ring (bicyclic) bond motifs is 2. The summed E-state index contributed by atoms with van der Waals surface area (Å²) in [5.41, 5.74) is 5.62. The lowest BCUT2D eigenvalue weighted by Gasteiger charge is -2.29. The fourth-order valence-electron chi connectivity index (χ4n) is 5.62. The Morgan fingerprint density at radius 1 is 0.947 bits per heavy atom. The molecule has 0 saturated heterocycles. The monoisotopic (exact) mass is 515 g/mol. The van der Waals surface area contributed by atoms with Crippen LogP contribution in [0.15, 0.2) is 117 Å². The van der Waals surface area contributed by atoms with Crippen molar-refractivity contribution in [1.29, 1.82) is 0 Å². The summed E-state index contributed by atoms with van der Waals surface area (Å²) in [5, 5.41) is 8.97. The lowest BCUT2D eigenvalue weighted by Crippen LogP contribution is -2.27. The summed E-state index contributed by atoms with van der Waals surface area (Å²) in [7, 11) is 0. The topological polar surface area (TPSA) is 58.7 Å². The highest BCUT2D eigenvalue weighted by atomic mass is 32.1. The predicted molar refractivity (Wildman–Crippen MR) is 154 cm³/mol. The number of nitrogens with zero attached hydrogens (tertiary/aromatic N) is 3. The van der Waals surface area contributed by atoms with Gasteiger partial charge in [-0.25, -0.2) is 14.8 Å². The Hall–Kier alpha value is -4.29. The number of aromatic nitrogens is 1. The molecule has 0 N–H and O–H groups in total. The molecule has 0 unspecified atom stereocenters.